The zero-order chi connectivity index (χ0) is 22.1. The van der Waals surface area contributed by atoms with Gasteiger partial charge in [0.2, 0.25) is 5.91 Å². The van der Waals surface area contributed by atoms with E-state index in [9.17, 15) is 9.59 Å². The average Bonchev–Trinajstić information content (AvgIpc) is 2.74. The maximum absolute atomic E-state index is 13.1. The zero-order valence-corrected chi connectivity index (χ0v) is 19.9. The van der Waals surface area contributed by atoms with Gasteiger partial charge in [-0.15, -0.1) is 0 Å². The Morgan fingerprint density at radius 2 is 1.90 bits per heavy atom. The molecule has 0 bridgehead atoms. The first kappa shape index (κ1) is 24.2. The predicted molar refractivity (Wildman–Crippen MR) is 124 cm³/mol. The summed E-state index contributed by atoms with van der Waals surface area (Å²) in [5.74, 6) is 0.123. The van der Waals surface area contributed by atoms with Crippen molar-refractivity contribution in [3.05, 3.63) is 63.1 Å². The molecule has 0 spiro atoms. The van der Waals surface area contributed by atoms with Gasteiger partial charge in [-0.2, -0.15) is 0 Å². The Morgan fingerprint density at radius 1 is 1.17 bits per heavy atom. The molecule has 1 unspecified atom stereocenters. The molecule has 2 aromatic carbocycles. The second-order valence-electron chi connectivity index (χ2n) is 6.84. The lowest BCUT2D eigenvalue weighted by atomic mass is 10.1. The van der Waals surface area contributed by atoms with E-state index in [1.54, 1.807) is 11.0 Å². The Bertz CT molecular complexity index is 875. The van der Waals surface area contributed by atoms with Crippen molar-refractivity contribution in [2.75, 3.05) is 13.2 Å². The van der Waals surface area contributed by atoms with Crippen LogP contribution in [0.3, 0.4) is 0 Å². The van der Waals surface area contributed by atoms with Gasteiger partial charge >= 0.3 is 0 Å². The van der Waals surface area contributed by atoms with Gasteiger partial charge in [-0.3, -0.25) is 9.59 Å². The van der Waals surface area contributed by atoms with Crippen molar-refractivity contribution in [1.82, 2.24) is 10.2 Å². The fraction of sp³-hybridized carbons (Fsp3) is 0.391. The minimum Gasteiger partial charge on any atom is -0.483 e. The second-order valence-corrected chi connectivity index (χ2v) is 8.10. The van der Waals surface area contributed by atoms with E-state index in [0.29, 0.717) is 23.7 Å². The number of nitrogens with one attached hydrogen (secondary N) is 1. The molecule has 2 amide bonds. The van der Waals surface area contributed by atoms with Crippen molar-refractivity contribution < 1.29 is 14.3 Å². The minimum absolute atomic E-state index is 0.176. The highest BCUT2D eigenvalue weighted by atomic mass is 79.9. The monoisotopic (exact) mass is 494 g/mol. The molecule has 2 rings (SSSR count). The molecule has 0 aromatic heterocycles. The van der Waals surface area contributed by atoms with E-state index >= 15 is 0 Å². The van der Waals surface area contributed by atoms with E-state index in [-0.39, 0.29) is 25.0 Å². The Hall–Kier alpha value is -2.05. The number of nitrogens with zero attached hydrogens (tertiary/aromatic N) is 1. The summed E-state index contributed by atoms with van der Waals surface area (Å²) >= 11 is 9.80. The van der Waals surface area contributed by atoms with Crippen LogP contribution in [0, 0.1) is 0 Å². The van der Waals surface area contributed by atoms with E-state index in [2.05, 4.69) is 28.2 Å². The molecule has 1 N–H and O–H groups in total. The van der Waals surface area contributed by atoms with Crippen LogP contribution in [0.1, 0.15) is 38.3 Å². The van der Waals surface area contributed by atoms with Crippen LogP contribution in [0.25, 0.3) is 0 Å². The first-order valence-corrected chi connectivity index (χ1v) is 11.3. The van der Waals surface area contributed by atoms with Gasteiger partial charge in [-0.25, -0.2) is 0 Å². The predicted octanol–water partition coefficient (Wildman–Crippen LogP) is 4.99. The van der Waals surface area contributed by atoms with E-state index < -0.39 is 6.04 Å². The highest BCUT2D eigenvalue weighted by molar-refractivity contribution is 9.10. The summed E-state index contributed by atoms with van der Waals surface area (Å²) in [6.45, 7) is 6.36. The summed E-state index contributed by atoms with van der Waals surface area (Å²) in [6, 6.07) is 12.5. The van der Waals surface area contributed by atoms with Crippen LogP contribution in [-0.2, 0) is 22.6 Å². The van der Waals surface area contributed by atoms with Gasteiger partial charge in [-0.1, -0.05) is 49.7 Å². The standard InChI is InChI=1S/C23H28BrClN2O3/c1-4-16-11-12-21(18(24)13-16)30-15-22(28)27(20(5-2)23(29)26-6-3)14-17-9-7-8-10-19(17)25/h7-13,20H,4-6,14-15H2,1-3H3,(H,26,29). The van der Waals surface area contributed by atoms with E-state index in [1.807, 2.05) is 50.2 Å². The van der Waals surface area contributed by atoms with Gasteiger partial charge in [0.1, 0.15) is 11.8 Å². The first-order valence-electron chi connectivity index (χ1n) is 10.1. The van der Waals surface area contributed by atoms with Gasteiger partial charge in [0, 0.05) is 18.1 Å². The van der Waals surface area contributed by atoms with Crippen molar-refractivity contribution >= 4 is 39.3 Å². The molecule has 0 aliphatic carbocycles. The third kappa shape index (κ3) is 6.47. The number of carbonyl (C=O) groups excluding carboxylic acids is 2. The fourth-order valence-electron chi connectivity index (χ4n) is 3.13. The maximum atomic E-state index is 13.1. The number of amides is 2. The SMILES string of the molecule is CCNC(=O)C(CC)N(Cc1ccccc1Cl)C(=O)COc1ccc(CC)cc1Br. The lowest BCUT2D eigenvalue weighted by molar-refractivity contribution is -0.142. The number of hydrogen-bond donors (Lipinski definition) is 1. The minimum atomic E-state index is -0.608. The molecular formula is C23H28BrClN2O3. The molecule has 0 aliphatic rings. The van der Waals surface area contributed by atoms with E-state index in [0.717, 1.165) is 16.5 Å². The molecule has 0 aliphatic heterocycles. The van der Waals surface area contributed by atoms with Crippen LogP contribution >= 0.6 is 27.5 Å². The molecule has 1 atom stereocenters. The third-order valence-corrected chi connectivity index (χ3v) is 5.78. The van der Waals surface area contributed by atoms with Crippen molar-refractivity contribution in [2.24, 2.45) is 0 Å². The molecule has 0 saturated carbocycles. The van der Waals surface area contributed by atoms with Gasteiger partial charge < -0.3 is 15.0 Å². The third-order valence-electron chi connectivity index (χ3n) is 4.79. The summed E-state index contributed by atoms with van der Waals surface area (Å²) < 4.78 is 6.57. The molecule has 0 heterocycles. The Kier molecular flexibility index (Phi) is 9.66. The van der Waals surface area contributed by atoms with Crippen molar-refractivity contribution in [3.63, 3.8) is 0 Å². The van der Waals surface area contributed by atoms with Gasteiger partial charge in [0.05, 0.1) is 4.47 Å². The van der Waals surface area contributed by atoms with Crippen molar-refractivity contribution in [3.8, 4) is 5.75 Å². The highest BCUT2D eigenvalue weighted by Gasteiger charge is 2.29. The van der Waals surface area contributed by atoms with Crippen LogP contribution in [0.5, 0.6) is 5.75 Å². The summed E-state index contributed by atoms with van der Waals surface area (Å²) in [5, 5.41) is 3.37. The van der Waals surface area contributed by atoms with Crippen LogP contribution in [-0.4, -0.2) is 35.9 Å². The normalized spacial score (nSPS) is 11.6. The maximum Gasteiger partial charge on any atom is 0.261 e. The molecule has 0 radical (unpaired) electrons. The lowest BCUT2D eigenvalue weighted by Gasteiger charge is -2.30. The number of carbonyl (C=O) groups is 2. The van der Waals surface area contributed by atoms with Crippen LogP contribution in [0.4, 0.5) is 0 Å². The summed E-state index contributed by atoms with van der Waals surface area (Å²) in [6.07, 6.45) is 1.39. The number of benzene rings is 2. The van der Waals surface area contributed by atoms with Crippen LogP contribution in [0.2, 0.25) is 5.02 Å². The van der Waals surface area contributed by atoms with Crippen LogP contribution in [0.15, 0.2) is 46.9 Å². The number of likely N-dealkylation sites (N-methyl/N-ethyl adjacent to an activating group) is 1. The zero-order valence-electron chi connectivity index (χ0n) is 17.6. The fourth-order valence-corrected chi connectivity index (χ4v) is 3.86. The van der Waals surface area contributed by atoms with E-state index in [4.69, 9.17) is 16.3 Å². The number of halogens is 2. The van der Waals surface area contributed by atoms with Gasteiger partial charge in [0.25, 0.3) is 5.91 Å². The molecule has 30 heavy (non-hydrogen) atoms. The molecule has 162 valence electrons. The number of hydrogen-bond acceptors (Lipinski definition) is 3. The largest absolute Gasteiger partial charge is 0.483 e. The summed E-state index contributed by atoms with van der Waals surface area (Å²) in [4.78, 5) is 27.3. The lowest BCUT2D eigenvalue weighted by Crippen LogP contribution is -2.50. The second kappa shape index (κ2) is 12.0. The number of ether oxygens (including phenoxy) is 1. The van der Waals surface area contributed by atoms with Crippen molar-refractivity contribution in [1.29, 1.82) is 0 Å². The number of rotatable bonds is 10. The molecule has 2 aromatic rings. The van der Waals surface area contributed by atoms with Gasteiger partial charge in [-0.05, 0) is 65.0 Å². The summed E-state index contributed by atoms with van der Waals surface area (Å²) in [5.41, 5.74) is 1.95. The van der Waals surface area contributed by atoms with Crippen LogP contribution < -0.4 is 10.1 Å². The molecule has 7 heteroatoms. The highest BCUT2D eigenvalue weighted by Crippen LogP contribution is 2.26. The topological polar surface area (TPSA) is 58.6 Å². The van der Waals surface area contributed by atoms with E-state index in [1.165, 1.54) is 5.56 Å². The first-order chi connectivity index (χ1) is 14.4. The summed E-state index contributed by atoms with van der Waals surface area (Å²) in [7, 11) is 0. The molecule has 5 nitrogen and oxygen atoms in total. The molecular weight excluding hydrogens is 468 g/mol. The smallest absolute Gasteiger partial charge is 0.261 e. The molecule has 0 fully saturated rings. The average molecular weight is 496 g/mol. The Morgan fingerprint density at radius 3 is 2.50 bits per heavy atom. The Balaban J connectivity index is 2.22. The quantitative estimate of drug-likeness (QED) is 0.505. The van der Waals surface area contributed by atoms with Gasteiger partial charge in [0.15, 0.2) is 6.61 Å². The van der Waals surface area contributed by atoms with Crippen molar-refractivity contribution in [2.45, 2.75) is 46.2 Å². The number of aryl methyl sites for hydroxylation is 1. The Labute approximate surface area is 191 Å². The molecule has 0 saturated heterocycles.